The van der Waals surface area contributed by atoms with E-state index < -0.39 is 10.0 Å². The molecule has 7 nitrogen and oxygen atoms in total. The number of hydrogen-bond donors (Lipinski definition) is 1. The van der Waals surface area contributed by atoms with Gasteiger partial charge >= 0.3 is 0 Å². The molecule has 0 radical (unpaired) electrons. The molecule has 0 unspecified atom stereocenters. The number of nitrogens with one attached hydrogen (secondary N) is 1. The predicted molar refractivity (Wildman–Crippen MR) is 108 cm³/mol. The second-order valence-corrected chi connectivity index (χ2v) is 8.82. The highest BCUT2D eigenvalue weighted by atomic mass is 32.2. The van der Waals surface area contributed by atoms with Crippen LogP contribution in [0.5, 0.6) is 0 Å². The first-order valence-corrected chi connectivity index (χ1v) is 11.2. The third-order valence-electron chi connectivity index (χ3n) is 4.81. The van der Waals surface area contributed by atoms with Crippen LogP contribution in [0.25, 0.3) is 0 Å². The maximum atomic E-state index is 12.8. The number of carbonyl (C=O) groups is 1. The standard InChI is InChI=1S/C20H26N4O3S/c1-3-12-24(13-4-2)28(26,27)16-10-8-15(9-11-16)20(25)23-19-17-6-5-7-18(17)21-14-22-19/h8-11,14H,3-7,12-13H2,1-2H3,(H,21,22,23,25). The molecule has 0 saturated carbocycles. The minimum atomic E-state index is -3.55. The first kappa shape index (κ1) is 20.4. The second kappa shape index (κ2) is 8.79. The molecule has 8 heteroatoms. The smallest absolute Gasteiger partial charge is 0.256 e. The van der Waals surface area contributed by atoms with Gasteiger partial charge in [0.1, 0.15) is 12.1 Å². The maximum absolute atomic E-state index is 12.8. The van der Waals surface area contributed by atoms with Crippen LogP contribution in [-0.4, -0.2) is 41.7 Å². The molecule has 0 aliphatic heterocycles. The van der Waals surface area contributed by atoms with Gasteiger partial charge in [0.2, 0.25) is 10.0 Å². The van der Waals surface area contributed by atoms with Crippen LogP contribution < -0.4 is 5.32 Å². The van der Waals surface area contributed by atoms with Crippen molar-refractivity contribution in [3.05, 3.63) is 47.4 Å². The lowest BCUT2D eigenvalue weighted by Gasteiger charge is -2.21. The summed E-state index contributed by atoms with van der Waals surface area (Å²) in [5.74, 6) is 0.233. The van der Waals surface area contributed by atoms with Gasteiger partial charge < -0.3 is 5.32 Å². The monoisotopic (exact) mass is 402 g/mol. The van der Waals surface area contributed by atoms with Crippen LogP contribution in [0.1, 0.15) is 54.7 Å². The Labute approximate surface area is 166 Å². The van der Waals surface area contributed by atoms with Crippen molar-refractivity contribution in [1.82, 2.24) is 14.3 Å². The molecule has 28 heavy (non-hydrogen) atoms. The van der Waals surface area contributed by atoms with Gasteiger partial charge in [0.15, 0.2) is 0 Å². The lowest BCUT2D eigenvalue weighted by atomic mass is 10.2. The molecule has 150 valence electrons. The Balaban J connectivity index is 1.77. The van der Waals surface area contributed by atoms with Crippen molar-refractivity contribution in [1.29, 1.82) is 0 Å². The maximum Gasteiger partial charge on any atom is 0.256 e. The van der Waals surface area contributed by atoms with Gasteiger partial charge in [0.05, 0.1) is 4.90 Å². The molecule has 1 aliphatic rings. The van der Waals surface area contributed by atoms with Crippen molar-refractivity contribution in [3.63, 3.8) is 0 Å². The van der Waals surface area contributed by atoms with Crippen molar-refractivity contribution in [2.75, 3.05) is 18.4 Å². The average molecular weight is 403 g/mol. The molecule has 1 aliphatic carbocycles. The molecule has 0 atom stereocenters. The van der Waals surface area contributed by atoms with Crippen LogP contribution in [0.15, 0.2) is 35.5 Å². The van der Waals surface area contributed by atoms with E-state index in [1.54, 1.807) is 12.1 Å². The van der Waals surface area contributed by atoms with Gasteiger partial charge in [-0.3, -0.25) is 4.79 Å². The Hall–Kier alpha value is -2.32. The van der Waals surface area contributed by atoms with E-state index in [9.17, 15) is 13.2 Å². The van der Waals surface area contributed by atoms with Crippen molar-refractivity contribution >= 4 is 21.7 Å². The Morgan fingerprint density at radius 3 is 2.39 bits per heavy atom. The van der Waals surface area contributed by atoms with Crippen LogP contribution in [0, 0.1) is 0 Å². The molecule has 1 N–H and O–H groups in total. The molecule has 0 spiro atoms. The molecule has 3 rings (SSSR count). The fourth-order valence-electron chi connectivity index (χ4n) is 3.43. The summed E-state index contributed by atoms with van der Waals surface area (Å²) < 4.78 is 27.1. The predicted octanol–water partition coefficient (Wildman–Crippen LogP) is 3.03. The fraction of sp³-hybridized carbons (Fsp3) is 0.450. The average Bonchev–Trinajstić information content (AvgIpc) is 3.18. The van der Waals surface area contributed by atoms with E-state index in [4.69, 9.17) is 0 Å². The van der Waals surface area contributed by atoms with Gasteiger partial charge in [0, 0.05) is 29.9 Å². The summed E-state index contributed by atoms with van der Waals surface area (Å²) in [4.78, 5) is 21.2. The highest BCUT2D eigenvalue weighted by Gasteiger charge is 2.24. The number of aryl methyl sites for hydroxylation is 1. The highest BCUT2D eigenvalue weighted by Crippen LogP contribution is 2.25. The van der Waals surface area contributed by atoms with Gasteiger partial charge in [0.25, 0.3) is 5.91 Å². The number of amides is 1. The van der Waals surface area contributed by atoms with E-state index in [1.165, 1.54) is 22.8 Å². The van der Waals surface area contributed by atoms with Gasteiger partial charge in [-0.15, -0.1) is 0 Å². The van der Waals surface area contributed by atoms with Crippen molar-refractivity contribution < 1.29 is 13.2 Å². The van der Waals surface area contributed by atoms with E-state index in [1.807, 2.05) is 13.8 Å². The lowest BCUT2D eigenvalue weighted by Crippen LogP contribution is -2.32. The van der Waals surface area contributed by atoms with Crippen LogP contribution in [0.2, 0.25) is 0 Å². The Bertz CT molecular complexity index is 936. The van der Waals surface area contributed by atoms with E-state index in [0.717, 1.165) is 43.4 Å². The summed E-state index contributed by atoms with van der Waals surface area (Å²) in [6.07, 6.45) is 5.74. The van der Waals surface area contributed by atoms with Gasteiger partial charge in [-0.1, -0.05) is 13.8 Å². The number of carbonyl (C=O) groups excluding carboxylic acids is 1. The van der Waals surface area contributed by atoms with Gasteiger partial charge in [-0.05, 0) is 56.4 Å². The minimum Gasteiger partial charge on any atom is -0.306 e. The molecule has 1 aromatic heterocycles. The largest absolute Gasteiger partial charge is 0.306 e. The molecule has 2 aromatic rings. The molecule has 0 fully saturated rings. The number of anilines is 1. The molecule has 1 amide bonds. The normalized spacial score (nSPS) is 13.5. The molecule has 1 heterocycles. The summed E-state index contributed by atoms with van der Waals surface area (Å²) >= 11 is 0. The molecule has 1 aromatic carbocycles. The molecule has 0 bridgehead atoms. The zero-order valence-electron chi connectivity index (χ0n) is 16.3. The number of sulfonamides is 1. The number of fused-ring (bicyclic) bond motifs is 1. The number of hydrogen-bond acceptors (Lipinski definition) is 5. The van der Waals surface area contributed by atoms with E-state index in [0.29, 0.717) is 24.5 Å². The van der Waals surface area contributed by atoms with E-state index >= 15 is 0 Å². The zero-order valence-corrected chi connectivity index (χ0v) is 17.1. The van der Waals surface area contributed by atoms with Crippen molar-refractivity contribution in [2.24, 2.45) is 0 Å². The topological polar surface area (TPSA) is 92.3 Å². The summed E-state index contributed by atoms with van der Waals surface area (Å²) in [5.41, 5.74) is 2.37. The Morgan fingerprint density at radius 2 is 1.75 bits per heavy atom. The Morgan fingerprint density at radius 1 is 1.07 bits per heavy atom. The number of rotatable bonds is 8. The van der Waals surface area contributed by atoms with Gasteiger partial charge in [-0.25, -0.2) is 18.4 Å². The van der Waals surface area contributed by atoms with E-state index in [2.05, 4.69) is 15.3 Å². The number of aromatic nitrogens is 2. The van der Waals surface area contributed by atoms with Gasteiger partial charge in [-0.2, -0.15) is 4.31 Å². The lowest BCUT2D eigenvalue weighted by molar-refractivity contribution is 0.102. The van der Waals surface area contributed by atoms with E-state index in [-0.39, 0.29) is 10.8 Å². The van der Waals surface area contributed by atoms with Crippen LogP contribution in [0.3, 0.4) is 0 Å². The first-order chi connectivity index (χ1) is 13.5. The quantitative estimate of drug-likeness (QED) is 0.733. The highest BCUT2D eigenvalue weighted by molar-refractivity contribution is 7.89. The number of nitrogens with zero attached hydrogens (tertiary/aromatic N) is 3. The third kappa shape index (κ3) is 4.23. The Kier molecular flexibility index (Phi) is 6.41. The zero-order chi connectivity index (χ0) is 20.1. The molecule has 0 saturated heterocycles. The number of benzene rings is 1. The SMILES string of the molecule is CCCN(CCC)S(=O)(=O)c1ccc(C(=O)Nc2ncnc3c2CCC3)cc1. The summed E-state index contributed by atoms with van der Waals surface area (Å²) in [5, 5.41) is 2.83. The third-order valence-corrected chi connectivity index (χ3v) is 6.72. The van der Waals surface area contributed by atoms with Crippen LogP contribution in [0.4, 0.5) is 5.82 Å². The summed E-state index contributed by atoms with van der Waals surface area (Å²) in [7, 11) is -3.55. The molecular weight excluding hydrogens is 376 g/mol. The second-order valence-electron chi connectivity index (χ2n) is 6.88. The minimum absolute atomic E-state index is 0.203. The molecular formula is C20H26N4O3S. The van der Waals surface area contributed by atoms with Crippen molar-refractivity contribution in [3.8, 4) is 0 Å². The summed E-state index contributed by atoms with van der Waals surface area (Å²) in [6, 6.07) is 6.07. The summed E-state index contributed by atoms with van der Waals surface area (Å²) in [6.45, 7) is 4.87. The van der Waals surface area contributed by atoms with Crippen LogP contribution >= 0.6 is 0 Å². The van der Waals surface area contributed by atoms with Crippen molar-refractivity contribution in [2.45, 2.75) is 50.8 Å². The van der Waals surface area contributed by atoms with Crippen LogP contribution in [-0.2, 0) is 22.9 Å². The first-order valence-electron chi connectivity index (χ1n) is 9.71. The fourth-order valence-corrected chi connectivity index (χ4v) is 5.05.